The summed E-state index contributed by atoms with van der Waals surface area (Å²) in [5.41, 5.74) is 4.32. The number of pyridine rings is 1. The number of methoxy groups -OCH3 is 1. The summed E-state index contributed by atoms with van der Waals surface area (Å²) in [4.78, 5) is 8.94. The molecule has 0 bridgehead atoms. The maximum Gasteiger partial charge on any atom is 0.213 e. The molecule has 0 saturated carbocycles. The SMILES string of the molecule is COc1cc(-c2c(-c3ccc(I)cc3)nc3ccc(Cl)nn23)ccn1. The fraction of sp³-hybridized carbons (Fsp3) is 0.0556. The van der Waals surface area contributed by atoms with Gasteiger partial charge in [-0.05, 0) is 52.9 Å². The first kappa shape index (κ1) is 16.3. The maximum absolute atomic E-state index is 6.11. The molecule has 0 saturated heterocycles. The molecule has 7 heteroatoms. The quantitative estimate of drug-likeness (QED) is 0.413. The minimum absolute atomic E-state index is 0.404. The largest absolute Gasteiger partial charge is 0.481 e. The third-order valence-corrected chi connectivity index (χ3v) is 4.70. The summed E-state index contributed by atoms with van der Waals surface area (Å²) >= 11 is 8.40. The molecule has 0 aliphatic rings. The number of nitrogens with zero attached hydrogens (tertiary/aromatic N) is 4. The summed E-state index contributed by atoms with van der Waals surface area (Å²) in [6.45, 7) is 0. The fourth-order valence-corrected chi connectivity index (χ4v) is 3.15. The zero-order valence-corrected chi connectivity index (χ0v) is 16.1. The van der Waals surface area contributed by atoms with Crippen LogP contribution < -0.4 is 4.74 Å². The highest BCUT2D eigenvalue weighted by Gasteiger charge is 2.18. The fourth-order valence-electron chi connectivity index (χ4n) is 2.65. The third-order valence-electron chi connectivity index (χ3n) is 3.78. The molecule has 4 rings (SSSR count). The van der Waals surface area contributed by atoms with Gasteiger partial charge in [0.25, 0.3) is 0 Å². The number of rotatable bonds is 3. The van der Waals surface area contributed by atoms with Crippen molar-refractivity contribution < 1.29 is 4.74 Å². The maximum atomic E-state index is 6.11. The minimum Gasteiger partial charge on any atom is -0.481 e. The second-order valence-corrected chi connectivity index (χ2v) is 6.96. The Morgan fingerprint density at radius 2 is 1.84 bits per heavy atom. The Labute approximate surface area is 162 Å². The lowest BCUT2D eigenvalue weighted by Gasteiger charge is -2.07. The van der Waals surface area contributed by atoms with Crippen LogP contribution in [0.3, 0.4) is 0 Å². The smallest absolute Gasteiger partial charge is 0.213 e. The predicted molar refractivity (Wildman–Crippen MR) is 106 cm³/mol. The van der Waals surface area contributed by atoms with Crippen LogP contribution in [0.5, 0.6) is 5.88 Å². The molecule has 3 heterocycles. The van der Waals surface area contributed by atoms with Gasteiger partial charge in [0, 0.05) is 27.0 Å². The van der Waals surface area contributed by atoms with Crippen LogP contribution in [0.25, 0.3) is 28.2 Å². The van der Waals surface area contributed by atoms with E-state index in [-0.39, 0.29) is 0 Å². The van der Waals surface area contributed by atoms with Crippen molar-refractivity contribution in [2.45, 2.75) is 0 Å². The summed E-state index contributed by atoms with van der Waals surface area (Å²) < 4.78 is 8.18. The van der Waals surface area contributed by atoms with Gasteiger partial charge in [-0.25, -0.2) is 14.5 Å². The van der Waals surface area contributed by atoms with E-state index in [0.717, 1.165) is 28.2 Å². The van der Waals surface area contributed by atoms with Crippen molar-refractivity contribution in [3.63, 3.8) is 0 Å². The first-order valence-electron chi connectivity index (χ1n) is 7.47. The topological polar surface area (TPSA) is 52.3 Å². The van der Waals surface area contributed by atoms with Crippen molar-refractivity contribution in [3.8, 4) is 28.4 Å². The Kier molecular flexibility index (Phi) is 4.30. The van der Waals surface area contributed by atoms with E-state index < -0.39 is 0 Å². The number of aromatic nitrogens is 4. The molecule has 0 aliphatic carbocycles. The van der Waals surface area contributed by atoms with Crippen LogP contribution in [0.4, 0.5) is 0 Å². The van der Waals surface area contributed by atoms with E-state index in [4.69, 9.17) is 21.3 Å². The second kappa shape index (κ2) is 6.61. The van der Waals surface area contributed by atoms with Gasteiger partial charge in [0.05, 0.1) is 12.8 Å². The number of hydrogen-bond acceptors (Lipinski definition) is 4. The van der Waals surface area contributed by atoms with Crippen molar-refractivity contribution in [1.82, 2.24) is 19.6 Å². The zero-order chi connectivity index (χ0) is 17.4. The van der Waals surface area contributed by atoms with Crippen LogP contribution in [0, 0.1) is 3.57 Å². The van der Waals surface area contributed by atoms with Gasteiger partial charge >= 0.3 is 0 Å². The molecule has 0 aliphatic heterocycles. The van der Waals surface area contributed by atoms with Gasteiger partial charge in [0.2, 0.25) is 5.88 Å². The van der Waals surface area contributed by atoms with E-state index in [1.165, 1.54) is 3.57 Å². The van der Waals surface area contributed by atoms with Crippen molar-refractivity contribution in [2.24, 2.45) is 0 Å². The lowest BCUT2D eigenvalue weighted by atomic mass is 10.1. The Bertz CT molecular complexity index is 1060. The molecule has 0 N–H and O–H groups in total. The molecule has 124 valence electrons. The van der Waals surface area contributed by atoms with Gasteiger partial charge in [-0.3, -0.25) is 0 Å². The number of halogens is 2. The van der Waals surface area contributed by atoms with Crippen LogP contribution in [0.1, 0.15) is 0 Å². The molecule has 1 aromatic carbocycles. The van der Waals surface area contributed by atoms with Crippen molar-refractivity contribution in [1.29, 1.82) is 0 Å². The van der Waals surface area contributed by atoms with Crippen molar-refractivity contribution >= 4 is 39.8 Å². The van der Waals surface area contributed by atoms with E-state index >= 15 is 0 Å². The predicted octanol–water partition coefficient (Wildman–Crippen LogP) is 4.72. The van der Waals surface area contributed by atoms with Gasteiger partial charge in [-0.15, -0.1) is 0 Å². The minimum atomic E-state index is 0.404. The Balaban J connectivity index is 2.03. The summed E-state index contributed by atoms with van der Waals surface area (Å²) in [6, 6.07) is 15.6. The normalized spacial score (nSPS) is 11.0. The monoisotopic (exact) mass is 462 g/mol. The van der Waals surface area contributed by atoms with Crippen molar-refractivity contribution in [2.75, 3.05) is 7.11 Å². The Hall–Kier alpha value is -2.19. The summed E-state index contributed by atoms with van der Waals surface area (Å²) in [5, 5.41) is 4.83. The van der Waals surface area contributed by atoms with Crippen LogP contribution in [-0.4, -0.2) is 26.7 Å². The molecule has 0 spiro atoms. The molecule has 0 amide bonds. The van der Waals surface area contributed by atoms with Gasteiger partial charge in [0.15, 0.2) is 5.65 Å². The highest BCUT2D eigenvalue weighted by atomic mass is 127. The summed E-state index contributed by atoms with van der Waals surface area (Å²) in [6.07, 6.45) is 1.70. The van der Waals surface area contributed by atoms with E-state index in [1.807, 2.05) is 30.3 Å². The van der Waals surface area contributed by atoms with E-state index in [0.29, 0.717) is 11.0 Å². The number of fused-ring (bicyclic) bond motifs is 1. The van der Waals surface area contributed by atoms with Crippen LogP contribution >= 0.6 is 34.2 Å². The molecule has 3 aromatic heterocycles. The molecule has 25 heavy (non-hydrogen) atoms. The molecule has 0 fully saturated rings. The number of hydrogen-bond donors (Lipinski definition) is 0. The first-order valence-corrected chi connectivity index (χ1v) is 8.93. The number of benzene rings is 1. The van der Waals surface area contributed by atoms with Gasteiger partial charge in [-0.1, -0.05) is 23.7 Å². The molecule has 0 atom stereocenters. The molecule has 0 unspecified atom stereocenters. The van der Waals surface area contributed by atoms with Crippen LogP contribution in [-0.2, 0) is 0 Å². The van der Waals surface area contributed by atoms with Crippen LogP contribution in [0.15, 0.2) is 54.7 Å². The van der Waals surface area contributed by atoms with Gasteiger partial charge in [-0.2, -0.15) is 5.10 Å². The highest BCUT2D eigenvalue weighted by Crippen LogP contribution is 2.33. The van der Waals surface area contributed by atoms with E-state index in [1.54, 1.807) is 23.9 Å². The second-order valence-electron chi connectivity index (χ2n) is 5.33. The molecule has 4 aromatic rings. The number of ether oxygens (including phenoxy) is 1. The summed E-state index contributed by atoms with van der Waals surface area (Å²) in [5.74, 6) is 0.531. The Morgan fingerprint density at radius 3 is 2.60 bits per heavy atom. The van der Waals surface area contributed by atoms with Gasteiger partial charge < -0.3 is 4.74 Å². The van der Waals surface area contributed by atoms with E-state index in [9.17, 15) is 0 Å². The number of imidazole rings is 1. The molecule has 5 nitrogen and oxygen atoms in total. The van der Waals surface area contributed by atoms with Crippen LogP contribution in [0.2, 0.25) is 5.15 Å². The molecular formula is C18H12ClIN4O. The molecular weight excluding hydrogens is 451 g/mol. The highest BCUT2D eigenvalue weighted by molar-refractivity contribution is 14.1. The first-order chi connectivity index (χ1) is 12.2. The van der Waals surface area contributed by atoms with Crippen molar-refractivity contribution in [3.05, 3.63) is 63.5 Å². The van der Waals surface area contributed by atoms with E-state index in [2.05, 4.69) is 44.8 Å². The standard InChI is InChI=1S/C18H12ClIN4O/c1-25-16-10-12(8-9-21-16)18-17(11-2-4-13(20)5-3-11)22-15-7-6-14(19)23-24(15)18/h2-10H,1H3. The Morgan fingerprint density at radius 1 is 1.04 bits per heavy atom. The zero-order valence-electron chi connectivity index (χ0n) is 13.1. The lowest BCUT2D eigenvalue weighted by Crippen LogP contribution is -1.96. The summed E-state index contributed by atoms with van der Waals surface area (Å²) in [7, 11) is 1.59. The average molecular weight is 463 g/mol. The average Bonchev–Trinajstić information content (AvgIpc) is 3.01. The lowest BCUT2D eigenvalue weighted by molar-refractivity contribution is 0.398. The molecule has 0 radical (unpaired) electrons. The van der Waals surface area contributed by atoms with Gasteiger partial charge in [0.1, 0.15) is 10.8 Å². The third kappa shape index (κ3) is 3.07.